The predicted octanol–water partition coefficient (Wildman–Crippen LogP) is 5.52. The zero-order chi connectivity index (χ0) is 21.8. The molecule has 0 saturated carbocycles. The first-order chi connectivity index (χ1) is 15.0. The smallest absolute Gasteiger partial charge is 0.323 e. The summed E-state index contributed by atoms with van der Waals surface area (Å²) in [6.07, 6.45) is 1.94. The highest BCUT2D eigenvalue weighted by molar-refractivity contribution is 5.96. The van der Waals surface area contributed by atoms with E-state index in [0.29, 0.717) is 5.82 Å². The quantitative estimate of drug-likeness (QED) is 0.436. The predicted molar refractivity (Wildman–Crippen MR) is 127 cm³/mol. The van der Waals surface area contributed by atoms with Crippen molar-refractivity contribution in [2.45, 2.75) is 19.8 Å². The fourth-order valence-electron chi connectivity index (χ4n) is 3.79. The molecule has 1 N–H and O–H groups in total. The second kappa shape index (κ2) is 9.00. The Morgan fingerprint density at radius 3 is 2.29 bits per heavy atom. The molecule has 0 amide bonds. The Balaban J connectivity index is 1.72. The van der Waals surface area contributed by atoms with Gasteiger partial charge in [0.05, 0.1) is 5.52 Å². The molecule has 0 saturated heterocycles. The number of benzene rings is 3. The number of anilines is 1. The molecule has 0 aliphatic heterocycles. The lowest BCUT2D eigenvalue weighted by molar-refractivity contribution is -0.135. The molecule has 0 fully saturated rings. The van der Waals surface area contributed by atoms with Crippen molar-refractivity contribution in [3.63, 3.8) is 0 Å². The third-order valence-corrected chi connectivity index (χ3v) is 5.53. The number of nitrogens with zero attached hydrogens (tertiary/aromatic N) is 2. The summed E-state index contributed by atoms with van der Waals surface area (Å²) in [7, 11) is 1.76. The Hall–Kier alpha value is -3.66. The summed E-state index contributed by atoms with van der Waals surface area (Å²) in [5.74, 6) is -0.224. The van der Waals surface area contributed by atoms with Crippen molar-refractivity contribution in [3.8, 4) is 11.1 Å². The number of carbonyl (C=O) groups is 1. The van der Waals surface area contributed by atoms with Gasteiger partial charge in [0, 0.05) is 12.4 Å². The van der Waals surface area contributed by atoms with Crippen LogP contribution in [0.3, 0.4) is 0 Å². The van der Waals surface area contributed by atoms with Gasteiger partial charge >= 0.3 is 5.97 Å². The van der Waals surface area contributed by atoms with Gasteiger partial charge in [-0.25, -0.2) is 4.98 Å². The van der Waals surface area contributed by atoms with Crippen LogP contribution in [0.15, 0.2) is 78.9 Å². The normalized spacial score (nSPS) is 10.9. The van der Waals surface area contributed by atoms with Crippen LogP contribution in [0.1, 0.15) is 16.7 Å². The number of carboxylic acid groups (broad SMARTS) is 1. The first-order valence-corrected chi connectivity index (χ1v) is 10.5. The molecule has 1 aromatic heterocycles. The summed E-state index contributed by atoms with van der Waals surface area (Å²) in [5.41, 5.74) is 6.89. The van der Waals surface area contributed by atoms with Gasteiger partial charge in [-0.3, -0.25) is 4.79 Å². The average Bonchev–Trinajstić information content (AvgIpc) is 2.78. The highest BCUT2D eigenvalue weighted by atomic mass is 16.4. The Bertz CT molecular complexity index is 1200. The zero-order valence-electron chi connectivity index (χ0n) is 17.9. The van der Waals surface area contributed by atoms with E-state index in [2.05, 4.69) is 55.5 Å². The minimum absolute atomic E-state index is 0.0959. The second-order valence-corrected chi connectivity index (χ2v) is 7.98. The Kier molecular flexibility index (Phi) is 5.99. The SMILES string of the molecule is Cc1ccc(CCc2ccc3nc(N(C)CC(=O)O)cc(-c4ccccc4)c3c2)cc1. The summed E-state index contributed by atoms with van der Waals surface area (Å²) in [6, 6.07) is 27.3. The molecule has 4 heteroatoms. The standard InChI is InChI=1S/C27H26N2O2/c1-19-8-10-20(11-9-19)12-13-21-14-15-25-24(16-21)23(22-6-4-3-5-7-22)17-26(28-25)29(2)18-27(30)31/h3-11,14-17H,12-13,18H2,1-2H3,(H,30,31). The van der Waals surface area contributed by atoms with Crippen molar-refractivity contribution in [2.24, 2.45) is 0 Å². The maximum Gasteiger partial charge on any atom is 0.323 e. The number of carboxylic acids is 1. The molecule has 0 atom stereocenters. The first kappa shape index (κ1) is 20.6. The molecule has 156 valence electrons. The Labute approximate surface area is 182 Å². The van der Waals surface area contributed by atoms with E-state index < -0.39 is 5.97 Å². The lowest BCUT2D eigenvalue weighted by Gasteiger charge is -2.18. The third kappa shape index (κ3) is 4.92. The zero-order valence-corrected chi connectivity index (χ0v) is 17.9. The number of likely N-dealkylation sites (N-methyl/N-ethyl adjacent to an activating group) is 1. The van der Waals surface area contributed by atoms with E-state index in [4.69, 9.17) is 4.98 Å². The number of fused-ring (bicyclic) bond motifs is 1. The molecule has 0 aliphatic rings. The van der Waals surface area contributed by atoms with E-state index >= 15 is 0 Å². The van der Waals surface area contributed by atoms with Crippen LogP contribution in [-0.4, -0.2) is 29.7 Å². The van der Waals surface area contributed by atoms with Crippen molar-refractivity contribution < 1.29 is 9.90 Å². The molecule has 31 heavy (non-hydrogen) atoms. The summed E-state index contributed by atoms with van der Waals surface area (Å²) in [5, 5.41) is 10.3. The van der Waals surface area contributed by atoms with Crippen LogP contribution >= 0.6 is 0 Å². The highest BCUT2D eigenvalue weighted by Crippen LogP contribution is 2.32. The fourth-order valence-corrected chi connectivity index (χ4v) is 3.79. The molecular weight excluding hydrogens is 384 g/mol. The lowest BCUT2D eigenvalue weighted by atomic mass is 9.97. The van der Waals surface area contributed by atoms with Gasteiger partial charge in [0.15, 0.2) is 0 Å². The van der Waals surface area contributed by atoms with Gasteiger partial charge in [-0.1, -0.05) is 66.2 Å². The number of hydrogen-bond acceptors (Lipinski definition) is 3. The molecule has 3 aromatic carbocycles. The maximum absolute atomic E-state index is 11.2. The van der Waals surface area contributed by atoms with Crippen LogP contribution in [0.5, 0.6) is 0 Å². The van der Waals surface area contributed by atoms with Gasteiger partial charge < -0.3 is 10.0 Å². The molecular formula is C27H26N2O2. The van der Waals surface area contributed by atoms with E-state index in [-0.39, 0.29) is 6.54 Å². The van der Waals surface area contributed by atoms with Crippen molar-refractivity contribution in [2.75, 3.05) is 18.5 Å². The van der Waals surface area contributed by atoms with Crippen molar-refractivity contribution in [3.05, 3.63) is 95.6 Å². The second-order valence-electron chi connectivity index (χ2n) is 7.98. The molecule has 0 unspecified atom stereocenters. The van der Waals surface area contributed by atoms with E-state index in [0.717, 1.165) is 34.9 Å². The molecule has 0 bridgehead atoms. The number of hydrogen-bond donors (Lipinski definition) is 1. The van der Waals surface area contributed by atoms with Crippen LogP contribution < -0.4 is 4.90 Å². The molecule has 1 heterocycles. The Morgan fingerprint density at radius 1 is 0.903 bits per heavy atom. The van der Waals surface area contributed by atoms with Crippen LogP contribution in [0.2, 0.25) is 0 Å². The summed E-state index contributed by atoms with van der Waals surface area (Å²) >= 11 is 0. The molecule has 4 aromatic rings. The van der Waals surface area contributed by atoms with E-state index in [9.17, 15) is 9.90 Å². The number of rotatable bonds is 7. The van der Waals surface area contributed by atoms with Gasteiger partial charge in [0.25, 0.3) is 0 Å². The molecule has 0 aliphatic carbocycles. The summed E-state index contributed by atoms with van der Waals surface area (Å²) in [6.45, 7) is 2.01. The molecule has 0 radical (unpaired) electrons. The fraction of sp³-hybridized carbons (Fsp3) is 0.185. The average molecular weight is 411 g/mol. The van der Waals surface area contributed by atoms with E-state index in [1.165, 1.54) is 16.7 Å². The van der Waals surface area contributed by atoms with Crippen LogP contribution in [0, 0.1) is 6.92 Å². The minimum Gasteiger partial charge on any atom is -0.480 e. The topological polar surface area (TPSA) is 53.4 Å². The summed E-state index contributed by atoms with van der Waals surface area (Å²) in [4.78, 5) is 17.6. The first-order valence-electron chi connectivity index (χ1n) is 10.5. The highest BCUT2D eigenvalue weighted by Gasteiger charge is 2.13. The van der Waals surface area contributed by atoms with Gasteiger partial charge in [0.1, 0.15) is 12.4 Å². The number of pyridine rings is 1. The lowest BCUT2D eigenvalue weighted by Crippen LogP contribution is -2.26. The Morgan fingerprint density at radius 2 is 1.58 bits per heavy atom. The number of aryl methyl sites for hydroxylation is 3. The van der Waals surface area contributed by atoms with Gasteiger partial charge in [-0.15, -0.1) is 0 Å². The minimum atomic E-state index is -0.878. The molecule has 4 nitrogen and oxygen atoms in total. The molecule has 0 spiro atoms. The van der Waals surface area contributed by atoms with E-state index in [1.54, 1.807) is 11.9 Å². The van der Waals surface area contributed by atoms with Gasteiger partial charge in [-0.2, -0.15) is 0 Å². The monoisotopic (exact) mass is 410 g/mol. The third-order valence-electron chi connectivity index (χ3n) is 5.53. The largest absolute Gasteiger partial charge is 0.480 e. The number of aliphatic carboxylic acids is 1. The van der Waals surface area contributed by atoms with Crippen molar-refractivity contribution >= 4 is 22.7 Å². The van der Waals surface area contributed by atoms with E-state index in [1.807, 2.05) is 30.3 Å². The maximum atomic E-state index is 11.2. The van der Waals surface area contributed by atoms with Gasteiger partial charge in [-0.05, 0) is 60.2 Å². The number of aromatic nitrogens is 1. The molecule has 4 rings (SSSR count). The van der Waals surface area contributed by atoms with Crippen LogP contribution in [0.4, 0.5) is 5.82 Å². The van der Waals surface area contributed by atoms with Crippen LogP contribution in [-0.2, 0) is 17.6 Å². The van der Waals surface area contributed by atoms with Crippen molar-refractivity contribution in [1.82, 2.24) is 4.98 Å². The summed E-state index contributed by atoms with van der Waals surface area (Å²) < 4.78 is 0. The van der Waals surface area contributed by atoms with Gasteiger partial charge in [0.2, 0.25) is 0 Å². The van der Waals surface area contributed by atoms with Crippen LogP contribution in [0.25, 0.3) is 22.0 Å². The van der Waals surface area contributed by atoms with Crippen molar-refractivity contribution in [1.29, 1.82) is 0 Å².